The van der Waals surface area contributed by atoms with Crippen LogP contribution in [0.4, 0.5) is 10.6 Å². The minimum absolute atomic E-state index is 0.313. The number of aromatic amines is 1. The Bertz CT molecular complexity index is 823. The number of benzene rings is 2. The maximum Gasteiger partial charge on any atom is 0.320 e. The Kier molecular flexibility index (Phi) is 4.25. The third-order valence-electron chi connectivity index (χ3n) is 3.61. The number of anilines is 1. The van der Waals surface area contributed by atoms with Crippen LogP contribution in [0.5, 0.6) is 0 Å². The molecular weight excluding hydrogens is 290 g/mol. The van der Waals surface area contributed by atoms with E-state index in [0.29, 0.717) is 18.9 Å². The Morgan fingerprint density at radius 3 is 2.65 bits per heavy atom. The molecule has 6 nitrogen and oxygen atoms in total. The van der Waals surface area contributed by atoms with Gasteiger partial charge in [-0.2, -0.15) is 5.10 Å². The summed E-state index contributed by atoms with van der Waals surface area (Å²) in [6.07, 6.45) is 0. The third kappa shape index (κ3) is 3.32. The molecule has 2 aromatic carbocycles. The highest BCUT2D eigenvalue weighted by Crippen LogP contribution is 2.27. The number of nitrogens with zero attached hydrogens (tertiary/aromatic N) is 1. The van der Waals surface area contributed by atoms with Crippen molar-refractivity contribution in [1.29, 1.82) is 0 Å². The van der Waals surface area contributed by atoms with Crippen molar-refractivity contribution >= 4 is 22.8 Å². The number of carbonyl (C=O) groups excluding carboxylic acids is 1. The second kappa shape index (κ2) is 6.50. The number of hydrogen-bond acceptors (Lipinski definition) is 3. The van der Waals surface area contributed by atoms with Gasteiger partial charge in [0, 0.05) is 18.5 Å². The zero-order chi connectivity index (χ0) is 16.2. The number of H-pyrrole nitrogens is 1. The topological polar surface area (TPSA) is 95.8 Å². The van der Waals surface area contributed by atoms with Gasteiger partial charge in [0.2, 0.25) is 0 Å². The first-order valence-electron chi connectivity index (χ1n) is 7.47. The molecule has 0 aliphatic carbocycles. The molecule has 0 unspecified atom stereocenters. The maximum absolute atomic E-state index is 11.7. The van der Waals surface area contributed by atoms with E-state index in [1.165, 1.54) is 5.56 Å². The molecule has 0 aliphatic rings. The molecule has 5 N–H and O–H groups in total. The van der Waals surface area contributed by atoms with Crippen LogP contribution in [-0.2, 0) is 0 Å². The van der Waals surface area contributed by atoms with Gasteiger partial charge < -0.3 is 11.1 Å². The minimum Gasteiger partial charge on any atom is -0.337 e. The lowest BCUT2D eigenvalue weighted by Crippen LogP contribution is -2.33. The lowest BCUT2D eigenvalue weighted by Gasteiger charge is -2.05. The fourth-order valence-corrected chi connectivity index (χ4v) is 2.38. The molecule has 2 amide bonds. The van der Waals surface area contributed by atoms with Crippen LogP contribution >= 0.6 is 0 Å². The summed E-state index contributed by atoms with van der Waals surface area (Å²) < 4.78 is 0. The summed E-state index contributed by atoms with van der Waals surface area (Å²) in [5.74, 6) is 0.505. The molecule has 0 spiro atoms. The third-order valence-corrected chi connectivity index (χ3v) is 3.61. The van der Waals surface area contributed by atoms with Gasteiger partial charge in [0.05, 0.1) is 5.52 Å². The van der Waals surface area contributed by atoms with E-state index in [9.17, 15) is 4.79 Å². The summed E-state index contributed by atoms with van der Waals surface area (Å²) in [7, 11) is 0. The van der Waals surface area contributed by atoms with Gasteiger partial charge in [-0.1, -0.05) is 35.9 Å². The predicted octanol–water partition coefficient (Wildman–Crippen LogP) is 2.62. The van der Waals surface area contributed by atoms with Crippen LogP contribution in [0.25, 0.3) is 22.0 Å². The summed E-state index contributed by atoms with van der Waals surface area (Å²) in [6, 6.07) is 14.0. The first kappa shape index (κ1) is 15.1. The van der Waals surface area contributed by atoms with Gasteiger partial charge in [-0.05, 0) is 30.2 Å². The number of fused-ring (bicyclic) bond motifs is 1. The van der Waals surface area contributed by atoms with E-state index in [-0.39, 0.29) is 6.03 Å². The van der Waals surface area contributed by atoms with Gasteiger partial charge in [0.25, 0.3) is 0 Å². The van der Waals surface area contributed by atoms with Crippen LogP contribution < -0.4 is 16.4 Å². The van der Waals surface area contributed by atoms with Crippen molar-refractivity contribution in [1.82, 2.24) is 15.5 Å². The largest absolute Gasteiger partial charge is 0.337 e. The number of hydrogen-bond donors (Lipinski definition) is 4. The number of rotatable bonds is 4. The number of nitrogens with one attached hydrogen (secondary N) is 3. The van der Waals surface area contributed by atoms with Crippen LogP contribution in [0.3, 0.4) is 0 Å². The van der Waals surface area contributed by atoms with Gasteiger partial charge in [0.15, 0.2) is 5.82 Å². The molecule has 23 heavy (non-hydrogen) atoms. The second-order valence-electron chi connectivity index (χ2n) is 5.37. The molecule has 1 heterocycles. The zero-order valence-electron chi connectivity index (χ0n) is 12.9. The monoisotopic (exact) mass is 309 g/mol. The van der Waals surface area contributed by atoms with Crippen molar-refractivity contribution in [3.63, 3.8) is 0 Å². The summed E-state index contributed by atoms with van der Waals surface area (Å²) in [6.45, 7) is 2.88. The molecule has 3 rings (SSSR count). The Balaban J connectivity index is 1.85. The molecule has 0 atom stereocenters. The highest BCUT2D eigenvalue weighted by molar-refractivity contribution is 6.00. The van der Waals surface area contributed by atoms with E-state index in [1.54, 1.807) is 0 Å². The van der Waals surface area contributed by atoms with Crippen molar-refractivity contribution in [3.8, 4) is 11.1 Å². The molecule has 0 bridgehead atoms. The van der Waals surface area contributed by atoms with E-state index in [0.717, 1.165) is 22.0 Å². The summed E-state index contributed by atoms with van der Waals surface area (Å²) >= 11 is 0. The smallest absolute Gasteiger partial charge is 0.320 e. The Morgan fingerprint density at radius 1 is 1.17 bits per heavy atom. The van der Waals surface area contributed by atoms with Gasteiger partial charge in [-0.25, -0.2) is 4.79 Å². The predicted molar refractivity (Wildman–Crippen MR) is 92.3 cm³/mol. The van der Waals surface area contributed by atoms with Crippen molar-refractivity contribution < 1.29 is 4.79 Å². The van der Waals surface area contributed by atoms with Gasteiger partial charge in [-0.15, -0.1) is 0 Å². The lowest BCUT2D eigenvalue weighted by molar-refractivity contribution is 0.252. The number of nitrogens with two attached hydrogens (primary N) is 1. The molecule has 0 saturated carbocycles. The molecule has 118 valence electrons. The van der Waals surface area contributed by atoms with E-state index in [2.05, 4.69) is 52.0 Å². The standard InChI is InChI=1S/C17H19N5O/c1-11-2-4-12(5-3-11)13-6-7-14-15(10-13)21-22-16(14)20-17(23)19-9-8-18/h2-7,10H,8-9,18H2,1H3,(H3,19,20,21,22,23). The van der Waals surface area contributed by atoms with E-state index in [4.69, 9.17) is 5.73 Å². The summed E-state index contributed by atoms with van der Waals surface area (Å²) in [5, 5.41) is 13.3. The molecular formula is C17H19N5O. The maximum atomic E-state index is 11.7. The number of aryl methyl sites for hydroxylation is 1. The van der Waals surface area contributed by atoms with Crippen molar-refractivity contribution in [2.45, 2.75) is 6.92 Å². The second-order valence-corrected chi connectivity index (χ2v) is 5.37. The first-order valence-corrected chi connectivity index (χ1v) is 7.47. The Morgan fingerprint density at radius 2 is 1.91 bits per heavy atom. The normalized spacial score (nSPS) is 10.7. The summed E-state index contributed by atoms with van der Waals surface area (Å²) in [4.78, 5) is 11.7. The number of urea groups is 1. The molecule has 0 radical (unpaired) electrons. The summed E-state index contributed by atoms with van der Waals surface area (Å²) in [5.41, 5.74) is 9.70. The Hall–Kier alpha value is -2.86. The van der Waals surface area contributed by atoms with Crippen LogP contribution in [-0.4, -0.2) is 29.3 Å². The van der Waals surface area contributed by atoms with Gasteiger partial charge in [-0.3, -0.25) is 10.4 Å². The van der Waals surface area contributed by atoms with Crippen molar-refractivity contribution in [2.75, 3.05) is 18.4 Å². The molecule has 0 aliphatic heterocycles. The zero-order valence-corrected chi connectivity index (χ0v) is 12.9. The highest BCUT2D eigenvalue weighted by Gasteiger charge is 2.09. The SMILES string of the molecule is Cc1ccc(-c2ccc3c(NC(=O)NCCN)n[nH]c3c2)cc1. The molecule has 0 fully saturated rings. The van der Waals surface area contributed by atoms with Crippen LogP contribution in [0, 0.1) is 6.92 Å². The fourth-order valence-electron chi connectivity index (χ4n) is 2.38. The minimum atomic E-state index is -0.313. The quantitative estimate of drug-likeness (QED) is 0.596. The number of amides is 2. The Labute approximate surface area is 134 Å². The van der Waals surface area contributed by atoms with Crippen LogP contribution in [0.1, 0.15) is 5.56 Å². The number of carbonyl (C=O) groups is 1. The van der Waals surface area contributed by atoms with E-state index < -0.39 is 0 Å². The van der Waals surface area contributed by atoms with Crippen molar-refractivity contribution in [3.05, 3.63) is 48.0 Å². The first-order chi connectivity index (χ1) is 11.2. The van der Waals surface area contributed by atoms with Crippen molar-refractivity contribution in [2.24, 2.45) is 5.73 Å². The number of aromatic nitrogens is 2. The lowest BCUT2D eigenvalue weighted by atomic mass is 10.0. The fraction of sp³-hybridized carbons (Fsp3) is 0.176. The highest BCUT2D eigenvalue weighted by atomic mass is 16.2. The molecule has 1 aromatic heterocycles. The van der Waals surface area contributed by atoms with Gasteiger partial charge >= 0.3 is 6.03 Å². The van der Waals surface area contributed by atoms with Crippen LogP contribution in [0.2, 0.25) is 0 Å². The molecule has 3 aromatic rings. The van der Waals surface area contributed by atoms with Crippen LogP contribution in [0.15, 0.2) is 42.5 Å². The average molecular weight is 309 g/mol. The van der Waals surface area contributed by atoms with E-state index in [1.807, 2.05) is 18.2 Å². The van der Waals surface area contributed by atoms with Gasteiger partial charge in [0.1, 0.15) is 0 Å². The molecule has 6 heteroatoms. The molecule has 0 saturated heterocycles. The average Bonchev–Trinajstić information content (AvgIpc) is 2.96. The van der Waals surface area contributed by atoms with E-state index >= 15 is 0 Å².